The van der Waals surface area contributed by atoms with Gasteiger partial charge in [-0.3, -0.25) is 0 Å². The van der Waals surface area contributed by atoms with Crippen molar-refractivity contribution in [3.05, 3.63) is 60.0 Å². The lowest BCUT2D eigenvalue weighted by atomic mass is 9.82. The summed E-state index contributed by atoms with van der Waals surface area (Å²) in [5.74, 6) is 0.801. The Balaban J connectivity index is 2.55. The number of aliphatic hydroxyl groups is 1. The second-order valence-corrected chi connectivity index (χ2v) is 9.99. The molecule has 4 heteroatoms. The third-order valence-electron chi connectivity index (χ3n) is 5.68. The van der Waals surface area contributed by atoms with E-state index in [1.165, 1.54) is 0 Å². The smallest absolute Gasteiger partial charge is 0.137 e. The highest BCUT2D eigenvalue weighted by molar-refractivity contribution is 5.78. The van der Waals surface area contributed by atoms with E-state index in [9.17, 15) is 5.11 Å². The predicted molar refractivity (Wildman–Crippen MR) is 126 cm³/mol. The van der Waals surface area contributed by atoms with Crippen LogP contribution in [0.5, 0.6) is 5.75 Å². The molecule has 0 aliphatic carbocycles. The Morgan fingerprint density at radius 1 is 1.17 bits per heavy atom. The zero-order valence-corrected chi connectivity index (χ0v) is 19.8. The van der Waals surface area contributed by atoms with Crippen molar-refractivity contribution in [2.45, 2.75) is 66.1 Å². The van der Waals surface area contributed by atoms with E-state index in [4.69, 9.17) is 9.47 Å². The van der Waals surface area contributed by atoms with Crippen LogP contribution < -0.4 is 4.74 Å². The molecule has 4 nitrogen and oxygen atoms in total. The molecule has 0 bridgehead atoms. The Morgan fingerprint density at radius 3 is 2.27 bits per heavy atom. The van der Waals surface area contributed by atoms with Crippen LogP contribution >= 0.6 is 0 Å². The molecule has 1 aromatic rings. The Hall–Kier alpha value is -2.20. The Kier molecular flexibility index (Phi) is 7.46. The van der Waals surface area contributed by atoms with E-state index in [-0.39, 0.29) is 5.76 Å². The molecule has 1 fully saturated rings. The van der Waals surface area contributed by atoms with E-state index in [1.54, 1.807) is 7.11 Å². The third kappa shape index (κ3) is 6.15. The average Bonchev–Trinajstić information content (AvgIpc) is 2.66. The number of ether oxygens (including phenoxy) is 2. The number of hydrogen-bond acceptors (Lipinski definition) is 4. The maximum absolute atomic E-state index is 10.4. The van der Waals surface area contributed by atoms with Gasteiger partial charge in [0.15, 0.2) is 0 Å². The van der Waals surface area contributed by atoms with Gasteiger partial charge in [-0.1, -0.05) is 39.1 Å². The SMILES string of the molecule is C=C(/C(=C(\C)[C@H](OC(C)(C)C)C(=C)O)N1CCC(C)(C)CC1)c1cccc(OC)c1. The summed E-state index contributed by atoms with van der Waals surface area (Å²) in [5.41, 5.74) is 3.73. The minimum Gasteiger partial charge on any atom is -0.510 e. The van der Waals surface area contributed by atoms with Crippen molar-refractivity contribution >= 4 is 5.57 Å². The van der Waals surface area contributed by atoms with Gasteiger partial charge in [-0.05, 0) is 74.8 Å². The number of methoxy groups -OCH3 is 1. The lowest BCUT2D eigenvalue weighted by Gasteiger charge is -2.41. The predicted octanol–water partition coefficient (Wildman–Crippen LogP) is 6.36. The van der Waals surface area contributed by atoms with Crippen molar-refractivity contribution in [3.8, 4) is 5.75 Å². The molecule has 1 heterocycles. The van der Waals surface area contributed by atoms with Crippen LogP contribution in [0.4, 0.5) is 0 Å². The molecule has 1 aliphatic rings. The van der Waals surface area contributed by atoms with Gasteiger partial charge in [0.1, 0.15) is 17.6 Å². The summed E-state index contributed by atoms with van der Waals surface area (Å²) >= 11 is 0. The quantitative estimate of drug-likeness (QED) is 0.417. The normalized spacial score (nSPS) is 18.4. The van der Waals surface area contributed by atoms with E-state index in [1.807, 2.05) is 52.0 Å². The van der Waals surface area contributed by atoms with Crippen LogP contribution in [0, 0.1) is 5.41 Å². The number of likely N-dealkylation sites (tertiary alicyclic amines) is 1. The molecule has 0 aromatic heterocycles. The number of aliphatic hydroxyl groups excluding tert-OH is 1. The summed E-state index contributed by atoms with van der Waals surface area (Å²) in [7, 11) is 1.67. The van der Waals surface area contributed by atoms with Crippen LogP contribution in [0.1, 0.15) is 59.9 Å². The topological polar surface area (TPSA) is 41.9 Å². The number of rotatable bonds is 7. The number of hydrogen-bond donors (Lipinski definition) is 1. The van der Waals surface area contributed by atoms with Crippen LogP contribution in [0.15, 0.2) is 54.5 Å². The molecule has 1 N–H and O–H groups in total. The van der Waals surface area contributed by atoms with Gasteiger partial charge >= 0.3 is 0 Å². The zero-order valence-electron chi connectivity index (χ0n) is 19.8. The molecule has 1 aliphatic heterocycles. The van der Waals surface area contributed by atoms with Crippen molar-refractivity contribution in [2.24, 2.45) is 5.41 Å². The molecule has 0 radical (unpaired) electrons. The minimum atomic E-state index is -0.600. The first-order valence-corrected chi connectivity index (χ1v) is 10.7. The summed E-state index contributed by atoms with van der Waals surface area (Å²) in [4.78, 5) is 2.38. The fraction of sp³-hybridized carbons (Fsp3) is 0.538. The van der Waals surface area contributed by atoms with Crippen molar-refractivity contribution < 1.29 is 14.6 Å². The first kappa shape index (κ1) is 24.1. The second-order valence-electron chi connectivity index (χ2n) is 9.99. The minimum absolute atomic E-state index is 0.00991. The first-order valence-electron chi connectivity index (χ1n) is 10.7. The summed E-state index contributed by atoms with van der Waals surface area (Å²) < 4.78 is 11.6. The Labute approximate surface area is 182 Å². The fourth-order valence-corrected chi connectivity index (χ4v) is 3.85. The summed E-state index contributed by atoms with van der Waals surface area (Å²) in [6.45, 7) is 22.7. The van der Waals surface area contributed by atoms with Gasteiger partial charge in [0.25, 0.3) is 0 Å². The molecule has 0 unspecified atom stereocenters. The van der Waals surface area contributed by atoms with Crippen molar-refractivity contribution in [1.29, 1.82) is 0 Å². The van der Waals surface area contributed by atoms with E-state index in [2.05, 4.69) is 31.9 Å². The highest BCUT2D eigenvalue weighted by Gasteiger charge is 2.31. The van der Waals surface area contributed by atoms with Crippen molar-refractivity contribution in [3.63, 3.8) is 0 Å². The number of nitrogens with zero attached hydrogens (tertiary/aromatic N) is 1. The first-order chi connectivity index (χ1) is 13.8. The molecule has 0 saturated carbocycles. The van der Waals surface area contributed by atoms with E-state index >= 15 is 0 Å². The Morgan fingerprint density at radius 2 is 1.77 bits per heavy atom. The van der Waals surface area contributed by atoms with Gasteiger partial charge in [-0.25, -0.2) is 0 Å². The summed E-state index contributed by atoms with van der Waals surface area (Å²) in [6.07, 6.45) is 1.59. The molecule has 1 saturated heterocycles. The monoisotopic (exact) mass is 413 g/mol. The average molecular weight is 414 g/mol. The molecular formula is C26H39NO3. The van der Waals surface area contributed by atoms with Crippen LogP contribution in [-0.2, 0) is 4.74 Å². The standard InChI is InChI=1S/C26H39NO3/c1-18(21-11-10-12-22(17-21)29-9)23(27-15-13-26(7,8)14-16-27)19(2)24(20(3)28)30-25(4,5)6/h10-12,17,24,28H,1,3,13-16H2,2,4-9H3/b23-19-/t24-/m0/s1. The number of allylic oxidation sites excluding steroid dienone is 1. The van der Waals surface area contributed by atoms with E-state index < -0.39 is 11.7 Å². The fourth-order valence-electron chi connectivity index (χ4n) is 3.85. The largest absolute Gasteiger partial charge is 0.510 e. The molecule has 0 spiro atoms. The Bertz CT molecular complexity index is 804. The van der Waals surface area contributed by atoms with Crippen LogP contribution in [0.25, 0.3) is 5.57 Å². The number of benzene rings is 1. The molecule has 1 aromatic carbocycles. The zero-order chi connectivity index (χ0) is 22.7. The molecule has 2 rings (SSSR count). The second kappa shape index (κ2) is 9.30. The van der Waals surface area contributed by atoms with Crippen molar-refractivity contribution in [1.82, 2.24) is 4.90 Å². The molecular weight excluding hydrogens is 374 g/mol. The van der Waals surface area contributed by atoms with Crippen LogP contribution in [0.3, 0.4) is 0 Å². The van der Waals surface area contributed by atoms with Gasteiger partial charge < -0.3 is 19.5 Å². The molecule has 0 amide bonds. The maximum atomic E-state index is 10.4. The van der Waals surface area contributed by atoms with E-state index in [0.29, 0.717) is 5.41 Å². The number of piperidine rings is 1. The third-order valence-corrected chi connectivity index (χ3v) is 5.68. The van der Waals surface area contributed by atoms with Gasteiger partial charge in [0.2, 0.25) is 0 Å². The van der Waals surface area contributed by atoms with Crippen molar-refractivity contribution in [2.75, 3.05) is 20.2 Å². The lowest BCUT2D eigenvalue weighted by molar-refractivity contribution is -0.0423. The maximum Gasteiger partial charge on any atom is 0.137 e. The lowest BCUT2D eigenvalue weighted by Crippen LogP contribution is -2.39. The van der Waals surface area contributed by atoms with Crippen LogP contribution in [0.2, 0.25) is 0 Å². The highest BCUT2D eigenvalue weighted by Crippen LogP contribution is 2.38. The summed E-state index contributed by atoms with van der Waals surface area (Å²) in [5, 5.41) is 10.4. The summed E-state index contributed by atoms with van der Waals surface area (Å²) in [6, 6.07) is 7.94. The van der Waals surface area contributed by atoms with Crippen LogP contribution in [-0.4, -0.2) is 41.9 Å². The molecule has 166 valence electrons. The van der Waals surface area contributed by atoms with Gasteiger partial charge in [0.05, 0.1) is 12.7 Å². The van der Waals surface area contributed by atoms with Gasteiger partial charge in [-0.2, -0.15) is 0 Å². The molecule has 30 heavy (non-hydrogen) atoms. The molecule has 1 atom stereocenters. The van der Waals surface area contributed by atoms with Gasteiger partial charge in [0, 0.05) is 18.8 Å². The van der Waals surface area contributed by atoms with E-state index in [0.717, 1.165) is 54.1 Å². The van der Waals surface area contributed by atoms with Gasteiger partial charge in [-0.15, -0.1) is 0 Å². The highest BCUT2D eigenvalue weighted by atomic mass is 16.5.